The van der Waals surface area contributed by atoms with E-state index in [1.165, 1.54) is 0 Å². The van der Waals surface area contributed by atoms with Crippen LogP contribution in [0.2, 0.25) is 0 Å². The first kappa shape index (κ1) is 19.0. The van der Waals surface area contributed by atoms with Crippen molar-refractivity contribution < 1.29 is 0 Å². The maximum Gasteiger partial charge on any atom is 0.157 e. The first-order valence-electron chi connectivity index (χ1n) is 10.2. The van der Waals surface area contributed by atoms with Gasteiger partial charge in [0.1, 0.15) is 11.9 Å². The summed E-state index contributed by atoms with van der Waals surface area (Å²) in [6.45, 7) is 5.02. The maximum atomic E-state index is 10.1. The molecule has 6 nitrogen and oxygen atoms in total. The zero-order valence-electron chi connectivity index (χ0n) is 17.7. The molecule has 7 heteroatoms. The van der Waals surface area contributed by atoms with Crippen LogP contribution < -0.4 is 4.90 Å². The van der Waals surface area contributed by atoms with E-state index in [1.807, 2.05) is 32.0 Å². The highest BCUT2D eigenvalue weighted by Gasteiger charge is 2.33. The van der Waals surface area contributed by atoms with Gasteiger partial charge in [-0.25, -0.2) is 9.97 Å². The molecule has 0 aliphatic carbocycles. The highest BCUT2D eigenvalue weighted by atomic mass is 32.1. The zero-order valence-corrected chi connectivity index (χ0v) is 18.5. The number of aryl methyl sites for hydroxylation is 1. The second-order valence-corrected chi connectivity index (χ2v) is 9.16. The fraction of sp³-hybridized carbons (Fsp3) is 0.348. The maximum absolute atomic E-state index is 10.1. The monoisotopic (exact) mass is 416 g/mol. The predicted molar refractivity (Wildman–Crippen MR) is 122 cm³/mol. The number of hydrogen-bond acceptors (Lipinski definition) is 6. The summed E-state index contributed by atoms with van der Waals surface area (Å²) in [7, 11) is 4.27. The van der Waals surface area contributed by atoms with Crippen LogP contribution in [-0.4, -0.2) is 46.1 Å². The number of fused-ring (bicyclic) bond motifs is 3. The molecule has 1 aliphatic rings. The van der Waals surface area contributed by atoms with Crippen LogP contribution >= 0.6 is 11.3 Å². The minimum Gasteiger partial charge on any atom is -0.341 e. The lowest BCUT2D eigenvalue weighted by Gasteiger charge is -2.34. The number of aromatic nitrogens is 3. The first-order valence-corrected chi connectivity index (χ1v) is 11.1. The van der Waals surface area contributed by atoms with Crippen LogP contribution in [0.4, 0.5) is 5.82 Å². The van der Waals surface area contributed by atoms with Crippen LogP contribution in [0, 0.1) is 25.2 Å². The van der Waals surface area contributed by atoms with Gasteiger partial charge in [-0.1, -0.05) is 12.1 Å². The molecular weight excluding hydrogens is 392 g/mol. The molecule has 0 saturated carbocycles. The Hall–Kier alpha value is -2.95. The van der Waals surface area contributed by atoms with Gasteiger partial charge in [-0.05, 0) is 58.5 Å². The van der Waals surface area contributed by atoms with E-state index in [1.54, 1.807) is 11.3 Å². The van der Waals surface area contributed by atoms with Crippen molar-refractivity contribution >= 4 is 33.8 Å². The molecule has 1 fully saturated rings. The summed E-state index contributed by atoms with van der Waals surface area (Å²) in [5.74, 6) is 1.09. The van der Waals surface area contributed by atoms with E-state index in [0.717, 1.165) is 63.7 Å². The number of nitriles is 1. The molecule has 0 N–H and O–H groups in total. The summed E-state index contributed by atoms with van der Waals surface area (Å²) in [6, 6.07) is 10.6. The van der Waals surface area contributed by atoms with Gasteiger partial charge in [0.05, 0.1) is 33.5 Å². The van der Waals surface area contributed by atoms with E-state index in [-0.39, 0.29) is 0 Å². The number of rotatable bonds is 3. The van der Waals surface area contributed by atoms with E-state index < -0.39 is 0 Å². The van der Waals surface area contributed by atoms with Crippen molar-refractivity contribution in [3.8, 4) is 17.3 Å². The van der Waals surface area contributed by atoms with Crippen LogP contribution in [-0.2, 0) is 0 Å². The van der Waals surface area contributed by atoms with Crippen LogP contribution in [0.25, 0.3) is 27.9 Å². The molecule has 0 bridgehead atoms. The molecule has 1 aliphatic heterocycles. The largest absolute Gasteiger partial charge is 0.341 e. The van der Waals surface area contributed by atoms with E-state index in [4.69, 9.17) is 9.97 Å². The summed E-state index contributed by atoms with van der Waals surface area (Å²) in [5, 5.41) is 13.2. The second kappa shape index (κ2) is 7.08. The quantitative estimate of drug-likeness (QED) is 0.489. The lowest BCUT2D eigenvalue weighted by Crippen LogP contribution is -2.41. The molecule has 0 spiro atoms. The molecule has 1 atom stereocenters. The third-order valence-corrected chi connectivity index (χ3v) is 6.82. The Labute approximate surface area is 180 Å². The molecule has 30 heavy (non-hydrogen) atoms. The molecule has 4 heterocycles. The standard InChI is InChI=1S/C23H24N6S/c1-14-16(12-24)22-26-17-8-5-6-9-19(17)29(22)23(21(14)18-13-30-15(2)25-18)28-11-7-10-20(28)27(3)4/h5-6,8-9,13,20H,7,10-11H2,1-4H3. The normalized spacial score (nSPS) is 16.8. The molecule has 1 aromatic carbocycles. The van der Waals surface area contributed by atoms with Gasteiger partial charge in [0, 0.05) is 17.5 Å². The number of para-hydroxylation sites is 2. The predicted octanol–water partition coefficient (Wildman–Crippen LogP) is 4.59. The van der Waals surface area contributed by atoms with Crippen molar-refractivity contribution in [2.75, 3.05) is 25.5 Å². The fourth-order valence-corrected chi connectivity index (χ4v) is 5.31. The van der Waals surface area contributed by atoms with Crippen molar-refractivity contribution in [2.45, 2.75) is 32.9 Å². The lowest BCUT2D eigenvalue weighted by molar-refractivity contribution is 0.300. The summed E-state index contributed by atoms with van der Waals surface area (Å²) in [5.41, 5.74) is 6.21. The van der Waals surface area contributed by atoms with Crippen LogP contribution in [0.15, 0.2) is 29.6 Å². The number of nitrogens with zero attached hydrogens (tertiary/aromatic N) is 6. The number of imidazole rings is 1. The number of pyridine rings is 1. The van der Waals surface area contributed by atoms with Crippen molar-refractivity contribution in [1.82, 2.24) is 19.3 Å². The van der Waals surface area contributed by atoms with E-state index in [2.05, 4.69) is 45.8 Å². The SMILES string of the molecule is Cc1nc(-c2c(C)c(C#N)c3nc4ccccc4n3c2N2CCCC2N(C)C)cs1. The summed E-state index contributed by atoms with van der Waals surface area (Å²) < 4.78 is 2.19. The Bertz CT molecular complexity index is 1310. The molecule has 1 unspecified atom stereocenters. The van der Waals surface area contributed by atoms with Crippen molar-refractivity contribution in [3.63, 3.8) is 0 Å². The number of anilines is 1. The average Bonchev–Trinajstić information content (AvgIpc) is 3.45. The Morgan fingerprint density at radius 2 is 2.00 bits per heavy atom. The third-order valence-electron chi connectivity index (χ3n) is 6.05. The summed E-state index contributed by atoms with van der Waals surface area (Å²) in [6.07, 6.45) is 2.53. The minimum atomic E-state index is 0.292. The molecule has 5 rings (SSSR count). The van der Waals surface area contributed by atoms with Crippen molar-refractivity contribution in [2.24, 2.45) is 0 Å². The van der Waals surface area contributed by atoms with E-state index in [9.17, 15) is 5.26 Å². The van der Waals surface area contributed by atoms with Crippen LogP contribution in [0.3, 0.4) is 0 Å². The number of thiazole rings is 1. The van der Waals surface area contributed by atoms with Crippen LogP contribution in [0.1, 0.15) is 29.0 Å². The number of hydrogen-bond donors (Lipinski definition) is 0. The average molecular weight is 417 g/mol. The van der Waals surface area contributed by atoms with Gasteiger partial charge in [-0.3, -0.25) is 9.30 Å². The van der Waals surface area contributed by atoms with Gasteiger partial charge < -0.3 is 4.90 Å². The molecule has 1 saturated heterocycles. The van der Waals surface area contributed by atoms with Crippen molar-refractivity contribution in [1.29, 1.82) is 5.26 Å². The highest BCUT2D eigenvalue weighted by Crippen LogP contribution is 2.42. The Morgan fingerprint density at radius 3 is 2.70 bits per heavy atom. The van der Waals surface area contributed by atoms with Gasteiger partial charge in [0.15, 0.2) is 5.65 Å². The molecule has 3 aromatic heterocycles. The van der Waals surface area contributed by atoms with Crippen molar-refractivity contribution in [3.05, 3.63) is 45.8 Å². The smallest absolute Gasteiger partial charge is 0.157 e. The Balaban J connectivity index is 1.97. The molecule has 4 aromatic rings. The van der Waals surface area contributed by atoms with Gasteiger partial charge >= 0.3 is 0 Å². The Morgan fingerprint density at radius 1 is 1.20 bits per heavy atom. The molecule has 152 valence electrons. The molecule has 0 radical (unpaired) electrons. The highest BCUT2D eigenvalue weighted by molar-refractivity contribution is 7.09. The third kappa shape index (κ3) is 2.72. The first-order chi connectivity index (χ1) is 14.5. The van der Waals surface area contributed by atoms with Gasteiger partial charge in [0.25, 0.3) is 0 Å². The zero-order chi connectivity index (χ0) is 21.0. The van der Waals surface area contributed by atoms with E-state index >= 15 is 0 Å². The minimum absolute atomic E-state index is 0.292. The summed E-state index contributed by atoms with van der Waals surface area (Å²) in [4.78, 5) is 14.4. The fourth-order valence-electron chi connectivity index (χ4n) is 4.70. The Kier molecular flexibility index (Phi) is 4.49. The molecule has 0 amide bonds. The lowest BCUT2D eigenvalue weighted by atomic mass is 10.0. The summed E-state index contributed by atoms with van der Waals surface area (Å²) >= 11 is 1.64. The van der Waals surface area contributed by atoms with E-state index in [0.29, 0.717) is 11.7 Å². The molecular formula is C23H24N6S. The second-order valence-electron chi connectivity index (χ2n) is 8.10. The van der Waals surface area contributed by atoms with Crippen LogP contribution in [0.5, 0.6) is 0 Å². The van der Waals surface area contributed by atoms with Gasteiger partial charge in [0.2, 0.25) is 0 Å². The van der Waals surface area contributed by atoms with Gasteiger partial charge in [-0.15, -0.1) is 11.3 Å². The number of benzene rings is 1. The topological polar surface area (TPSA) is 60.5 Å². The van der Waals surface area contributed by atoms with Gasteiger partial charge in [-0.2, -0.15) is 5.26 Å².